The van der Waals surface area contributed by atoms with Gasteiger partial charge in [0.1, 0.15) is 0 Å². The molecule has 1 aliphatic heterocycles. The Morgan fingerprint density at radius 1 is 1.14 bits per heavy atom. The Hall–Kier alpha value is -0.0800. The lowest BCUT2D eigenvalue weighted by Crippen LogP contribution is -2.51. The van der Waals surface area contributed by atoms with Crippen molar-refractivity contribution in [3.63, 3.8) is 0 Å². The van der Waals surface area contributed by atoms with Crippen LogP contribution in [0.25, 0.3) is 0 Å². The molecule has 0 atom stereocenters. The van der Waals surface area contributed by atoms with Crippen molar-refractivity contribution in [2.75, 3.05) is 13.1 Å². The van der Waals surface area contributed by atoms with Crippen LogP contribution in [0.15, 0.2) is 0 Å². The quantitative estimate of drug-likeness (QED) is 0.750. The Labute approximate surface area is 87.4 Å². The molecule has 2 fully saturated rings. The molecular formula is C12H23NO. The summed E-state index contributed by atoms with van der Waals surface area (Å²) in [6, 6.07) is 0. The number of nitrogens with one attached hydrogen (secondary N) is 1. The van der Waals surface area contributed by atoms with Gasteiger partial charge in [-0.3, -0.25) is 0 Å². The number of piperidine rings is 1. The molecule has 1 saturated carbocycles. The second kappa shape index (κ2) is 3.82. The fourth-order valence-corrected chi connectivity index (χ4v) is 2.68. The fraction of sp³-hybridized carbons (Fsp3) is 1.00. The standard InChI is InChI=1S/C12H23NO/c1-3-12(5-4-6-12)14-11(2)7-9-13-10-8-11/h13H,3-10H2,1-2H3. The lowest BCUT2D eigenvalue weighted by atomic mass is 9.77. The van der Waals surface area contributed by atoms with Crippen molar-refractivity contribution in [2.24, 2.45) is 0 Å². The highest BCUT2D eigenvalue weighted by molar-refractivity contribution is 4.93. The van der Waals surface area contributed by atoms with Crippen LogP contribution in [0.4, 0.5) is 0 Å². The van der Waals surface area contributed by atoms with Gasteiger partial charge in [-0.25, -0.2) is 0 Å². The Morgan fingerprint density at radius 2 is 1.79 bits per heavy atom. The largest absolute Gasteiger partial charge is 0.369 e. The first-order valence-electron chi connectivity index (χ1n) is 6.09. The smallest absolute Gasteiger partial charge is 0.0687 e. The van der Waals surface area contributed by atoms with E-state index in [1.54, 1.807) is 0 Å². The summed E-state index contributed by atoms with van der Waals surface area (Å²) in [4.78, 5) is 0. The number of rotatable bonds is 3. The number of hydrogen-bond donors (Lipinski definition) is 1. The third-order valence-electron chi connectivity index (χ3n) is 4.03. The maximum Gasteiger partial charge on any atom is 0.0687 e. The van der Waals surface area contributed by atoms with Crippen LogP contribution in [-0.4, -0.2) is 24.3 Å². The molecule has 0 bridgehead atoms. The molecule has 0 aromatic rings. The highest BCUT2D eigenvalue weighted by atomic mass is 16.5. The first-order chi connectivity index (χ1) is 6.68. The van der Waals surface area contributed by atoms with E-state index in [2.05, 4.69) is 19.2 Å². The lowest BCUT2D eigenvalue weighted by molar-refractivity contribution is -0.194. The second-order valence-electron chi connectivity index (χ2n) is 5.19. The maximum absolute atomic E-state index is 6.41. The molecule has 1 saturated heterocycles. The van der Waals surface area contributed by atoms with Gasteiger partial charge in [0.05, 0.1) is 11.2 Å². The van der Waals surface area contributed by atoms with Gasteiger partial charge in [0.2, 0.25) is 0 Å². The molecule has 14 heavy (non-hydrogen) atoms. The summed E-state index contributed by atoms with van der Waals surface area (Å²) in [7, 11) is 0. The monoisotopic (exact) mass is 197 g/mol. The summed E-state index contributed by atoms with van der Waals surface area (Å²) in [6.07, 6.45) is 7.47. The van der Waals surface area contributed by atoms with Crippen molar-refractivity contribution in [1.29, 1.82) is 0 Å². The van der Waals surface area contributed by atoms with Gasteiger partial charge < -0.3 is 10.1 Å². The van der Waals surface area contributed by atoms with E-state index in [4.69, 9.17) is 4.74 Å². The lowest BCUT2D eigenvalue weighted by Gasteiger charge is -2.49. The summed E-state index contributed by atoms with van der Waals surface area (Å²) in [5.41, 5.74) is 0.410. The van der Waals surface area contributed by atoms with E-state index in [1.807, 2.05) is 0 Å². The molecule has 82 valence electrons. The van der Waals surface area contributed by atoms with E-state index in [9.17, 15) is 0 Å². The Bertz CT molecular complexity index is 187. The highest BCUT2D eigenvalue weighted by Gasteiger charge is 2.42. The van der Waals surface area contributed by atoms with Gasteiger partial charge in [-0.05, 0) is 58.5 Å². The Morgan fingerprint density at radius 3 is 2.21 bits per heavy atom. The molecule has 0 aromatic heterocycles. The van der Waals surface area contributed by atoms with Crippen LogP contribution in [0.2, 0.25) is 0 Å². The fourth-order valence-electron chi connectivity index (χ4n) is 2.68. The zero-order chi connectivity index (χ0) is 10.1. The molecule has 0 spiro atoms. The topological polar surface area (TPSA) is 21.3 Å². The number of ether oxygens (including phenoxy) is 1. The van der Waals surface area contributed by atoms with Crippen LogP contribution in [0.5, 0.6) is 0 Å². The third kappa shape index (κ3) is 1.96. The zero-order valence-corrected chi connectivity index (χ0v) is 9.57. The predicted molar refractivity (Wildman–Crippen MR) is 58.5 cm³/mol. The Kier molecular flexibility index (Phi) is 2.85. The first kappa shape index (κ1) is 10.4. The maximum atomic E-state index is 6.41. The van der Waals surface area contributed by atoms with Crippen molar-refractivity contribution in [3.05, 3.63) is 0 Å². The van der Waals surface area contributed by atoms with E-state index in [0.29, 0.717) is 0 Å². The highest BCUT2D eigenvalue weighted by Crippen LogP contribution is 2.43. The molecule has 0 radical (unpaired) electrons. The van der Waals surface area contributed by atoms with Crippen LogP contribution in [0.3, 0.4) is 0 Å². The molecule has 0 amide bonds. The van der Waals surface area contributed by atoms with Gasteiger partial charge in [-0.1, -0.05) is 6.92 Å². The molecule has 1 heterocycles. The summed E-state index contributed by atoms with van der Waals surface area (Å²) < 4.78 is 6.41. The minimum atomic E-state index is 0.154. The van der Waals surface area contributed by atoms with Crippen molar-refractivity contribution >= 4 is 0 Å². The van der Waals surface area contributed by atoms with E-state index < -0.39 is 0 Å². The zero-order valence-electron chi connectivity index (χ0n) is 9.57. The van der Waals surface area contributed by atoms with E-state index in [0.717, 1.165) is 13.1 Å². The average molecular weight is 197 g/mol. The molecule has 1 aliphatic carbocycles. The van der Waals surface area contributed by atoms with Crippen molar-refractivity contribution in [3.8, 4) is 0 Å². The van der Waals surface area contributed by atoms with Crippen LogP contribution in [-0.2, 0) is 4.74 Å². The van der Waals surface area contributed by atoms with Gasteiger partial charge in [-0.15, -0.1) is 0 Å². The van der Waals surface area contributed by atoms with Gasteiger partial charge in [-0.2, -0.15) is 0 Å². The SMILES string of the molecule is CCC1(OC2(C)CCNCC2)CCC1. The van der Waals surface area contributed by atoms with Crippen molar-refractivity contribution < 1.29 is 4.74 Å². The molecule has 2 nitrogen and oxygen atoms in total. The minimum absolute atomic E-state index is 0.154. The van der Waals surface area contributed by atoms with Gasteiger partial charge in [0.25, 0.3) is 0 Å². The molecular weight excluding hydrogens is 174 g/mol. The summed E-state index contributed by atoms with van der Waals surface area (Å²) >= 11 is 0. The van der Waals surface area contributed by atoms with E-state index >= 15 is 0 Å². The van der Waals surface area contributed by atoms with Crippen LogP contribution in [0.1, 0.15) is 52.4 Å². The molecule has 2 rings (SSSR count). The molecule has 2 aliphatic rings. The third-order valence-corrected chi connectivity index (χ3v) is 4.03. The van der Waals surface area contributed by atoms with E-state index in [-0.39, 0.29) is 11.2 Å². The summed E-state index contributed by atoms with van der Waals surface area (Å²) in [5, 5.41) is 3.40. The minimum Gasteiger partial charge on any atom is -0.369 e. The van der Waals surface area contributed by atoms with Crippen LogP contribution >= 0.6 is 0 Å². The van der Waals surface area contributed by atoms with Crippen LogP contribution in [0, 0.1) is 0 Å². The van der Waals surface area contributed by atoms with Crippen LogP contribution < -0.4 is 5.32 Å². The first-order valence-corrected chi connectivity index (χ1v) is 6.09. The Balaban J connectivity index is 1.93. The van der Waals surface area contributed by atoms with Gasteiger partial charge in [0, 0.05) is 0 Å². The normalized spacial score (nSPS) is 29.6. The summed E-state index contributed by atoms with van der Waals surface area (Å²) in [6.45, 7) is 6.81. The molecule has 0 unspecified atom stereocenters. The molecule has 1 N–H and O–H groups in total. The average Bonchev–Trinajstić information content (AvgIpc) is 2.13. The number of hydrogen-bond acceptors (Lipinski definition) is 2. The predicted octanol–water partition coefficient (Wildman–Crippen LogP) is 2.48. The molecule has 2 heteroatoms. The van der Waals surface area contributed by atoms with Crippen molar-refractivity contribution in [2.45, 2.75) is 63.6 Å². The van der Waals surface area contributed by atoms with Gasteiger partial charge >= 0.3 is 0 Å². The van der Waals surface area contributed by atoms with Gasteiger partial charge in [0.15, 0.2) is 0 Å². The van der Waals surface area contributed by atoms with E-state index in [1.165, 1.54) is 38.5 Å². The molecule has 0 aromatic carbocycles. The second-order valence-corrected chi connectivity index (χ2v) is 5.19. The summed E-state index contributed by atoms with van der Waals surface area (Å²) in [5.74, 6) is 0. The van der Waals surface area contributed by atoms with Crippen molar-refractivity contribution in [1.82, 2.24) is 5.32 Å².